The van der Waals surface area contributed by atoms with E-state index < -0.39 is 12.3 Å². The van der Waals surface area contributed by atoms with Crippen molar-refractivity contribution in [2.75, 3.05) is 6.54 Å². The first kappa shape index (κ1) is 11.1. The molecule has 0 radical (unpaired) electrons. The van der Waals surface area contributed by atoms with Crippen LogP contribution in [0.25, 0.3) is 0 Å². The number of hydrazone groups is 1. The van der Waals surface area contributed by atoms with Crippen molar-refractivity contribution in [1.82, 2.24) is 9.91 Å². The highest BCUT2D eigenvalue weighted by molar-refractivity contribution is 5.57. The van der Waals surface area contributed by atoms with Crippen LogP contribution in [0, 0.1) is 0 Å². The summed E-state index contributed by atoms with van der Waals surface area (Å²) < 4.78 is 37.9. The zero-order chi connectivity index (χ0) is 10.9. The van der Waals surface area contributed by atoms with E-state index in [0.29, 0.717) is 6.54 Å². The van der Waals surface area contributed by atoms with Gasteiger partial charge >= 0.3 is 6.18 Å². The molecule has 0 spiro atoms. The number of halogens is 3. The Morgan fingerprint density at radius 2 is 2.00 bits per heavy atom. The molecule has 1 unspecified atom stereocenters. The monoisotopic (exact) mass is 209 g/mol. The van der Waals surface area contributed by atoms with Crippen molar-refractivity contribution < 1.29 is 13.2 Å². The molecule has 0 aromatic carbocycles. The second-order valence-corrected chi connectivity index (χ2v) is 3.45. The van der Waals surface area contributed by atoms with Gasteiger partial charge in [-0.2, -0.15) is 18.3 Å². The van der Waals surface area contributed by atoms with Crippen LogP contribution >= 0.6 is 0 Å². The summed E-state index contributed by atoms with van der Waals surface area (Å²) in [5.41, 5.74) is 0. The van der Waals surface area contributed by atoms with Gasteiger partial charge in [0.05, 0.1) is 0 Å². The Balaban J connectivity index is 2.85. The van der Waals surface area contributed by atoms with E-state index in [0.717, 1.165) is 5.01 Å². The molecule has 3 nitrogen and oxygen atoms in total. The van der Waals surface area contributed by atoms with Gasteiger partial charge in [-0.25, -0.2) is 0 Å². The van der Waals surface area contributed by atoms with Gasteiger partial charge in [-0.05, 0) is 20.8 Å². The molecular formula is C8H14F3N3. The smallest absolute Gasteiger partial charge is 0.332 e. The molecule has 6 heteroatoms. The van der Waals surface area contributed by atoms with Crippen molar-refractivity contribution in [3.8, 4) is 0 Å². The fourth-order valence-corrected chi connectivity index (χ4v) is 1.41. The molecular weight excluding hydrogens is 195 g/mol. The van der Waals surface area contributed by atoms with Gasteiger partial charge in [0.25, 0.3) is 0 Å². The first-order chi connectivity index (χ1) is 6.38. The second-order valence-electron chi connectivity index (χ2n) is 3.45. The standard InChI is InChI=1S/C8H14F3N3/c1-4-13-5-12-14(6(2)3)7(13)8(9,10)11/h5-7H,4H2,1-3H3. The van der Waals surface area contributed by atoms with Crippen molar-refractivity contribution in [3.63, 3.8) is 0 Å². The van der Waals surface area contributed by atoms with Gasteiger partial charge in [0, 0.05) is 12.6 Å². The van der Waals surface area contributed by atoms with Crippen LogP contribution < -0.4 is 0 Å². The molecule has 0 aliphatic carbocycles. The van der Waals surface area contributed by atoms with Crippen molar-refractivity contribution >= 4 is 6.34 Å². The lowest BCUT2D eigenvalue weighted by Crippen LogP contribution is -2.52. The predicted octanol–water partition coefficient (Wildman–Crippen LogP) is 1.86. The SMILES string of the molecule is CCN1C=NN(C(C)C)C1C(F)(F)F. The number of nitrogens with zero attached hydrogens (tertiary/aromatic N) is 3. The molecule has 14 heavy (non-hydrogen) atoms. The van der Waals surface area contributed by atoms with Crippen molar-refractivity contribution in [2.45, 2.75) is 39.2 Å². The Labute approximate surface area is 81.2 Å². The van der Waals surface area contributed by atoms with E-state index in [2.05, 4.69) is 5.10 Å². The van der Waals surface area contributed by atoms with Crippen LogP contribution in [0.4, 0.5) is 13.2 Å². The number of hydrogen-bond acceptors (Lipinski definition) is 3. The lowest BCUT2D eigenvalue weighted by molar-refractivity contribution is -0.211. The summed E-state index contributed by atoms with van der Waals surface area (Å²) in [5.74, 6) is 0. The van der Waals surface area contributed by atoms with Crippen LogP contribution in [0.15, 0.2) is 5.10 Å². The summed E-state index contributed by atoms with van der Waals surface area (Å²) in [6.45, 7) is 5.36. The topological polar surface area (TPSA) is 18.8 Å². The summed E-state index contributed by atoms with van der Waals surface area (Å²) in [6, 6.07) is -0.255. The lowest BCUT2D eigenvalue weighted by atomic mass is 10.3. The highest BCUT2D eigenvalue weighted by Gasteiger charge is 2.49. The summed E-state index contributed by atoms with van der Waals surface area (Å²) in [4.78, 5) is 1.18. The Morgan fingerprint density at radius 3 is 2.36 bits per heavy atom. The minimum Gasteiger partial charge on any atom is -0.332 e. The van der Waals surface area contributed by atoms with Crippen LogP contribution in [-0.4, -0.2) is 41.2 Å². The first-order valence-corrected chi connectivity index (χ1v) is 4.52. The van der Waals surface area contributed by atoms with E-state index in [4.69, 9.17) is 0 Å². The van der Waals surface area contributed by atoms with Gasteiger partial charge in [-0.1, -0.05) is 0 Å². The lowest BCUT2D eigenvalue weighted by Gasteiger charge is -2.33. The molecule has 1 atom stereocenters. The third kappa shape index (κ3) is 1.93. The van der Waals surface area contributed by atoms with Crippen molar-refractivity contribution in [1.29, 1.82) is 0 Å². The van der Waals surface area contributed by atoms with Crippen LogP contribution in [0.2, 0.25) is 0 Å². The van der Waals surface area contributed by atoms with Crippen molar-refractivity contribution in [2.24, 2.45) is 5.10 Å². The molecule has 0 aromatic heterocycles. The third-order valence-corrected chi connectivity index (χ3v) is 2.09. The Bertz CT molecular complexity index is 224. The van der Waals surface area contributed by atoms with Crippen molar-refractivity contribution in [3.05, 3.63) is 0 Å². The zero-order valence-corrected chi connectivity index (χ0v) is 8.41. The maximum atomic E-state index is 12.6. The number of rotatable bonds is 2. The van der Waals surface area contributed by atoms with Crippen LogP contribution in [0.1, 0.15) is 20.8 Å². The fraction of sp³-hybridized carbons (Fsp3) is 0.875. The van der Waals surface area contributed by atoms with Gasteiger partial charge in [0.15, 0.2) is 0 Å². The van der Waals surface area contributed by atoms with Gasteiger partial charge in [-0.15, -0.1) is 0 Å². The summed E-state index contributed by atoms with van der Waals surface area (Å²) >= 11 is 0. The molecule has 0 N–H and O–H groups in total. The molecule has 0 saturated heterocycles. The Morgan fingerprint density at radius 1 is 1.43 bits per heavy atom. The molecule has 1 rings (SSSR count). The quantitative estimate of drug-likeness (QED) is 0.691. The van der Waals surface area contributed by atoms with Gasteiger partial charge in [0.1, 0.15) is 6.34 Å². The molecule has 0 aromatic rings. The van der Waals surface area contributed by atoms with E-state index in [-0.39, 0.29) is 6.04 Å². The summed E-state index contributed by atoms with van der Waals surface area (Å²) in [6.07, 6.45) is -4.62. The normalized spacial score (nSPS) is 22.6. The third-order valence-electron chi connectivity index (χ3n) is 2.09. The van der Waals surface area contributed by atoms with Crippen LogP contribution in [0.3, 0.4) is 0 Å². The van der Waals surface area contributed by atoms with Crippen LogP contribution in [0.5, 0.6) is 0 Å². The minimum atomic E-state index is -4.27. The van der Waals surface area contributed by atoms with E-state index >= 15 is 0 Å². The maximum Gasteiger partial charge on any atom is 0.429 e. The fourth-order valence-electron chi connectivity index (χ4n) is 1.41. The zero-order valence-electron chi connectivity index (χ0n) is 8.41. The minimum absolute atomic E-state index is 0.255. The van der Waals surface area contributed by atoms with Gasteiger partial charge in [0.2, 0.25) is 6.17 Å². The van der Waals surface area contributed by atoms with Crippen LogP contribution in [-0.2, 0) is 0 Å². The maximum absolute atomic E-state index is 12.6. The molecule has 1 aliphatic heterocycles. The van der Waals surface area contributed by atoms with E-state index in [1.807, 2.05) is 0 Å². The van der Waals surface area contributed by atoms with E-state index in [1.54, 1.807) is 20.8 Å². The number of alkyl halides is 3. The molecule has 0 amide bonds. The Kier molecular flexibility index (Phi) is 2.92. The molecule has 1 aliphatic rings. The molecule has 1 heterocycles. The molecule has 82 valence electrons. The Hall–Kier alpha value is -0.940. The summed E-state index contributed by atoms with van der Waals surface area (Å²) in [5, 5.41) is 4.82. The van der Waals surface area contributed by atoms with E-state index in [9.17, 15) is 13.2 Å². The average molecular weight is 209 g/mol. The van der Waals surface area contributed by atoms with Gasteiger partial charge in [-0.3, -0.25) is 5.01 Å². The summed E-state index contributed by atoms with van der Waals surface area (Å²) in [7, 11) is 0. The molecule has 0 saturated carbocycles. The average Bonchev–Trinajstić information content (AvgIpc) is 2.45. The number of hydrogen-bond donors (Lipinski definition) is 0. The largest absolute Gasteiger partial charge is 0.429 e. The van der Waals surface area contributed by atoms with Gasteiger partial charge < -0.3 is 4.90 Å². The predicted molar refractivity (Wildman–Crippen MR) is 47.7 cm³/mol. The highest BCUT2D eigenvalue weighted by atomic mass is 19.4. The molecule has 0 fully saturated rings. The van der Waals surface area contributed by atoms with E-state index in [1.165, 1.54) is 11.2 Å². The second kappa shape index (κ2) is 3.67. The molecule has 0 bridgehead atoms. The highest BCUT2D eigenvalue weighted by Crippen LogP contribution is 2.31. The first-order valence-electron chi connectivity index (χ1n) is 4.52.